The number of carbonyl (C=O) groups is 2. The molecule has 2 aliphatic rings. The largest absolute Gasteiger partial charge is 0.354 e. The predicted molar refractivity (Wildman–Crippen MR) is 95.9 cm³/mol. The fourth-order valence-corrected chi connectivity index (χ4v) is 3.68. The molecule has 142 valence electrons. The Morgan fingerprint density at radius 3 is 2.58 bits per heavy atom. The minimum atomic E-state index is -1.20. The van der Waals surface area contributed by atoms with Gasteiger partial charge in [-0.2, -0.15) is 0 Å². The van der Waals surface area contributed by atoms with Crippen molar-refractivity contribution in [3.8, 4) is 0 Å². The maximum Gasteiger partial charge on any atom is 0.288 e. The first kappa shape index (κ1) is 18.5. The Morgan fingerprint density at radius 2 is 1.96 bits per heavy atom. The number of anilines is 1. The van der Waals surface area contributed by atoms with Gasteiger partial charge in [-0.05, 0) is 40.0 Å². The smallest absolute Gasteiger partial charge is 0.288 e. The van der Waals surface area contributed by atoms with E-state index in [1.807, 2.05) is 13.8 Å². The summed E-state index contributed by atoms with van der Waals surface area (Å²) in [4.78, 5) is 34.9. The van der Waals surface area contributed by atoms with Crippen molar-refractivity contribution in [2.45, 2.75) is 51.7 Å². The van der Waals surface area contributed by atoms with Crippen molar-refractivity contribution < 1.29 is 14.0 Å². The molecule has 1 saturated carbocycles. The zero-order chi connectivity index (χ0) is 19.1. The molecule has 1 aliphatic heterocycles. The van der Waals surface area contributed by atoms with Crippen molar-refractivity contribution in [2.75, 3.05) is 25.0 Å². The molecule has 1 aliphatic carbocycles. The van der Waals surface area contributed by atoms with E-state index in [9.17, 15) is 14.0 Å². The van der Waals surface area contributed by atoms with Gasteiger partial charge in [-0.3, -0.25) is 9.59 Å². The fraction of sp³-hybridized carbons (Fsp3) is 0.667. The summed E-state index contributed by atoms with van der Waals surface area (Å²) in [5, 5.41) is 5.57. The molecular weight excluding hydrogens is 337 g/mol. The Balaban J connectivity index is 1.66. The van der Waals surface area contributed by atoms with Crippen LogP contribution in [0.4, 0.5) is 10.2 Å². The summed E-state index contributed by atoms with van der Waals surface area (Å²) in [6.07, 6.45) is 1.40. The summed E-state index contributed by atoms with van der Waals surface area (Å²) in [6, 6.07) is 0.00657. The van der Waals surface area contributed by atoms with Crippen LogP contribution in [0.5, 0.6) is 0 Å². The van der Waals surface area contributed by atoms with Gasteiger partial charge in [-0.25, -0.2) is 14.4 Å². The number of aryl methyl sites for hydroxylation is 1. The normalized spacial score (nSPS) is 27.8. The first-order chi connectivity index (χ1) is 12.2. The Kier molecular flexibility index (Phi) is 4.86. The minimum Gasteiger partial charge on any atom is -0.354 e. The zero-order valence-electron chi connectivity index (χ0n) is 15.7. The summed E-state index contributed by atoms with van der Waals surface area (Å²) in [7, 11) is 1.55. The lowest BCUT2D eigenvalue weighted by molar-refractivity contribution is -0.133. The van der Waals surface area contributed by atoms with Gasteiger partial charge in [0, 0.05) is 43.4 Å². The van der Waals surface area contributed by atoms with Crippen molar-refractivity contribution in [3.05, 3.63) is 17.1 Å². The Bertz CT molecular complexity index is 729. The van der Waals surface area contributed by atoms with Crippen molar-refractivity contribution in [1.29, 1.82) is 0 Å². The van der Waals surface area contributed by atoms with E-state index in [1.54, 1.807) is 14.0 Å². The molecule has 0 spiro atoms. The maximum absolute atomic E-state index is 13.6. The molecular formula is C18H26FN5O2. The van der Waals surface area contributed by atoms with E-state index in [0.717, 1.165) is 30.0 Å². The molecule has 0 bridgehead atoms. The SMILES string of the molecule is CNC(=O)c1nc(C)c(C)c(N2CC[C@@H](NC(=O)C3CC(C)(F)C3)C2)n1. The zero-order valence-corrected chi connectivity index (χ0v) is 15.7. The van der Waals surface area contributed by atoms with Crippen molar-refractivity contribution >= 4 is 17.6 Å². The molecule has 2 amide bonds. The molecule has 2 fully saturated rings. The molecule has 1 aromatic rings. The van der Waals surface area contributed by atoms with Crippen LogP contribution in [0.2, 0.25) is 0 Å². The van der Waals surface area contributed by atoms with E-state index < -0.39 is 5.67 Å². The molecule has 2 N–H and O–H groups in total. The van der Waals surface area contributed by atoms with Crippen LogP contribution < -0.4 is 15.5 Å². The van der Waals surface area contributed by atoms with Crippen molar-refractivity contribution in [1.82, 2.24) is 20.6 Å². The number of hydrogen-bond donors (Lipinski definition) is 2. The number of halogens is 1. The molecule has 2 heterocycles. The molecule has 1 aromatic heterocycles. The van der Waals surface area contributed by atoms with Gasteiger partial charge in [0.1, 0.15) is 11.5 Å². The molecule has 0 unspecified atom stereocenters. The van der Waals surface area contributed by atoms with Gasteiger partial charge in [0.05, 0.1) is 0 Å². The third-order valence-electron chi connectivity index (χ3n) is 5.34. The molecule has 8 heteroatoms. The van der Waals surface area contributed by atoms with Crippen molar-refractivity contribution in [2.24, 2.45) is 5.92 Å². The van der Waals surface area contributed by atoms with Gasteiger partial charge < -0.3 is 15.5 Å². The third-order valence-corrected chi connectivity index (χ3v) is 5.34. The maximum atomic E-state index is 13.6. The van der Waals surface area contributed by atoms with Crippen LogP contribution in [0.15, 0.2) is 0 Å². The number of aromatic nitrogens is 2. The highest BCUT2D eigenvalue weighted by Gasteiger charge is 2.45. The number of hydrogen-bond acceptors (Lipinski definition) is 5. The summed E-state index contributed by atoms with van der Waals surface area (Å²) in [5.74, 6) is 0.274. The lowest BCUT2D eigenvalue weighted by atomic mass is 9.73. The molecule has 7 nitrogen and oxygen atoms in total. The van der Waals surface area contributed by atoms with Gasteiger partial charge >= 0.3 is 0 Å². The number of alkyl halides is 1. The van der Waals surface area contributed by atoms with Crippen LogP contribution in [-0.4, -0.2) is 53.6 Å². The van der Waals surface area contributed by atoms with Gasteiger partial charge in [-0.1, -0.05) is 0 Å². The molecule has 1 saturated heterocycles. The molecule has 0 radical (unpaired) electrons. The average Bonchev–Trinajstić information content (AvgIpc) is 3.02. The lowest BCUT2D eigenvalue weighted by Crippen LogP contribution is -2.49. The van der Waals surface area contributed by atoms with E-state index >= 15 is 0 Å². The lowest BCUT2D eigenvalue weighted by Gasteiger charge is -2.38. The summed E-state index contributed by atoms with van der Waals surface area (Å²) >= 11 is 0. The highest BCUT2D eigenvalue weighted by atomic mass is 19.1. The van der Waals surface area contributed by atoms with Crippen LogP contribution in [-0.2, 0) is 4.79 Å². The first-order valence-corrected chi connectivity index (χ1v) is 9.02. The standard InChI is InChI=1S/C18H26FN5O2/c1-10-11(2)21-14(17(26)20-4)23-15(10)24-6-5-13(9-24)22-16(25)12-7-18(3,19)8-12/h12-13H,5-9H2,1-4H3,(H,20,26)(H,22,25)/t12?,13-,18?/m1/s1. The van der Waals surface area contributed by atoms with Gasteiger partial charge in [0.25, 0.3) is 5.91 Å². The minimum absolute atomic E-state index is 0.00657. The first-order valence-electron chi connectivity index (χ1n) is 9.02. The number of nitrogens with zero attached hydrogens (tertiary/aromatic N) is 3. The van der Waals surface area contributed by atoms with Crippen LogP contribution in [0.25, 0.3) is 0 Å². The number of carbonyl (C=O) groups excluding carboxylic acids is 2. The second kappa shape index (κ2) is 6.81. The fourth-order valence-electron chi connectivity index (χ4n) is 3.68. The molecule has 0 aromatic carbocycles. The van der Waals surface area contributed by atoms with E-state index in [0.29, 0.717) is 19.4 Å². The van der Waals surface area contributed by atoms with E-state index in [4.69, 9.17) is 0 Å². The molecule has 26 heavy (non-hydrogen) atoms. The van der Waals surface area contributed by atoms with Gasteiger partial charge in [0.15, 0.2) is 0 Å². The Labute approximate surface area is 152 Å². The Hall–Kier alpha value is -2.25. The number of rotatable bonds is 4. The van der Waals surface area contributed by atoms with Crippen LogP contribution in [0.3, 0.4) is 0 Å². The summed E-state index contributed by atoms with van der Waals surface area (Å²) in [5.41, 5.74) is 0.491. The quantitative estimate of drug-likeness (QED) is 0.842. The predicted octanol–water partition coefficient (Wildman–Crippen LogP) is 1.29. The van der Waals surface area contributed by atoms with Crippen molar-refractivity contribution in [3.63, 3.8) is 0 Å². The molecule has 3 rings (SSSR count). The summed E-state index contributed by atoms with van der Waals surface area (Å²) in [6.45, 7) is 6.68. The number of amides is 2. The van der Waals surface area contributed by atoms with Gasteiger partial charge in [-0.15, -0.1) is 0 Å². The highest BCUT2D eigenvalue weighted by molar-refractivity contribution is 5.90. The van der Waals surface area contributed by atoms with Crippen LogP contribution >= 0.6 is 0 Å². The number of nitrogens with one attached hydrogen (secondary N) is 2. The topological polar surface area (TPSA) is 87.2 Å². The van der Waals surface area contributed by atoms with Gasteiger partial charge in [0.2, 0.25) is 11.7 Å². The van der Waals surface area contributed by atoms with Crippen LogP contribution in [0.1, 0.15) is 48.1 Å². The monoisotopic (exact) mass is 363 g/mol. The van der Waals surface area contributed by atoms with E-state index in [1.165, 1.54) is 0 Å². The second-order valence-corrected chi connectivity index (χ2v) is 7.62. The summed E-state index contributed by atoms with van der Waals surface area (Å²) < 4.78 is 13.6. The van der Waals surface area contributed by atoms with E-state index in [2.05, 4.69) is 25.5 Å². The molecule has 1 atom stereocenters. The Morgan fingerprint density at radius 1 is 1.27 bits per heavy atom. The van der Waals surface area contributed by atoms with E-state index in [-0.39, 0.29) is 29.6 Å². The average molecular weight is 363 g/mol. The van der Waals surface area contributed by atoms with Crippen LogP contribution in [0, 0.1) is 19.8 Å². The third kappa shape index (κ3) is 3.64. The second-order valence-electron chi connectivity index (χ2n) is 7.62. The highest BCUT2D eigenvalue weighted by Crippen LogP contribution is 2.40.